The Balaban J connectivity index is 1.11. The summed E-state index contributed by atoms with van der Waals surface area (Å²) in [6.45, 7) is 1.96. The maximum absolute atomic E-state index is 13.4. The average Bonchev–Trinajstić information content (AvgIpc) is 3.80. The standard InChI is InChI=1S/C37H30N4O3S3/c1-2-33(36(44)41-37-40-32(23-46-37)27-18-17-24-10-6-7-13-26(24)20-27)47-30-15-8-14-28(21-30)38-35(43)31(22-29-16-9-19-45-29)39-34(42)25-11-4-3-5-12-25/h3-23,33H,2H2,1H3,(H,38,43)(H,39,42)(H,40,41,44)/b31-22-. The summed E-state index contributed by atoms with van der Waals surface area (Å²) in [5.74, 6) is -0.981. The van der Waals surface area contributed by atoms with E-state index in [1.807, 2.05) is 72.3 Å². The van der Waals surface area contributed by atoms with E-state index in [1.54, 1.807) is 36.4 Å². The molecule has 0 saturated carbocycles. The minimum absolute atomic E-state index is 0.122. The minimum Gasteiger partial charge on any atom is -0.321 e. The third-order valence-electron chi connectivity index (χ3n) is 7.17. The Kier molecular flexibility index (Phi) is 10.2. The Labute approximate surface area is 284 Å². The van der Waals surface area contributed by atoms with Crippen molar-refractivity contribution in [2.45, 2.75) is 23.5 Å². The van der Waals surface area contributed by atoms with Crippen LogP contribution in [0.1, 0.15) is 28.6 Å². The van der Waals surface area contributed by atoms with Crippen molar-refractivity contribution in [2.75, 3.05) is 10.6 Å². The zero-order valence-corrected chi connectivity index (χ0v) is 27.8. The van der Waals surface area contributed by atoms with Crippen molar-refractivity contribution in [3.63, 3.8) is 0 Å². The summed E-state index contributed by atoms with van der Waals surface area (Å²) >= 11 is 4.27. The molecule has 2 heterocycles. The molecule has 0 bridgehead atoms. The lowest BCUT2D eigenvalue weighted by atomic mass is 10.1. The van der Waals surface area contributed by atoms with Crippen molar-refractivity contribution in [3.8, 4) is 11.3 Å². The van der Waals surface area contributed by atoms with Crippen LogP contribution in [0.4, 0.5) is 10.8 Å². The molecule has 2 aromatic heterocycles. The quantitative estimate of drug-likeness (QED) is 0.0941. The number of amides is 3. The molecule has 10 heteroatoms. The summed E-state index contributed by atoms with van der Waals surface area (Å²) in [7, 11) is 0. The molecule has 47 heavy (non-hydrogen) atoms. The highest BCUT2D eigenvalue weighted by molar-refractivity contribution is 8.00. The van der Waals surface area contributed by atoms with Gasteiger partial charge in [0.05, 0.1) is 10.9 Å². The first-order chi connectivity index (χ1) is 22.9. The Bertz CT molecular complexity index is 2060. The summed E-state index contributed by atoms with van der Waals surface area (Å²) in [4.78, 5) is 45.9. The van der Waals surface area contributed by atoms with E-state index in [2.05, 4.69) is 45.2 Å². The van der Waals surface area contributed by atoms with Crippen LogP contribution in [0.15, 0.2) is 131 Å². The van der Waals surface area contributed by atoms with Gasteiger partial charge in [-0.1, -0.05) is 73.7 Å². The van der Waals surface area contributed by atoms with Gasteiger partial charge in [0.1, 0.15) is 5.70 Å². The molecule has 0 saturated heterocycles. The van der Waals surface area contributed by atoms with Gasteiger partial charge in [-0.15, -0.1) is 34.4 Å². The Hall–Kier alpha value is -5.03. The van der Waals surface area contributed by atoms with E-state index in [1.165, 1.54) is 34.4 Å². The summed E-state index contributed by atoms with van der Waals surface area (Å²) in [5, 5.41) is 15.0. The van der Waals surface area contributed by atoms with Crippen LogP contribution < -0.4 is 16.0 Å². The molecule has 3 N–H and O–H groups in total. The highest BCUT2D eigenvalue weighted by Crippen LogP contribution is 2.31. The number of thiophene rings is 1. The molecule has 6 rings (SSSR count). The largest absolute Gasteiger partial charge is 0.321 e. The number of hydrogen-bond acceptors (Lipinski definition) is 7. The van der Waals surface area contributed by atoms with E-state index in [9.17, 15) is 14.4 Å². The topological polar surface area (TPSA) is 100 Å². The number of nitrogens with one attached hydrogen (secondary N) is 3. The SMILES string of the molecule is CCC(Sc1cccc(NC(=O)/C(=C/c2cccs2)NC(=O)c2ccccc2)c1)C(=O)Nc1nc(-c2ccc3ccccc3c2)cs1. The van der Waals surface area contributed by atoms with Gasteiger partial charge in [0.25, 0.3) is 11.8 Å². The van der Waals surface area contributed by atoms with Crippen molar-refractivity contribution >= 4 is 79.8 Å². The van der Waals surface area contributed by atoms with Gasteiger partial charge >= 0.3 is 0 Å². The van der Waals surface area contributed by atoms with E-state index in [-0.39, 0.29) is 22.8 Å². The lowest BCUT2D eigenvalue weighted by molar-refractivity contribution is -0.116. The maximum atomic E-state index is 13.4. The van der Waals surface area contributed by atoms with Crippen molar-refractivity contribution < 1.29 is 14.4 Å². The molecule has 0 fully saturated rings. The summed E-state index contributed by atoms with van der Waals surface area (Å²) in [5.41, 5.74) is 2.92. The second kappa shape index (κ2) is 15.0. The fourth-order valence-electron chi connectivity index (χ4n) is 4.79. The van der Waals surface area contributed by atoms with Gasteiger partial charge in [-0.3, -0.25) is 14.4 Å². The first kappa shape index (κ1) is 31.9. The Morgan fingerprint density at radius 2 is 1.64 bits per heavy atom. The smallest absolute Gasteiger partial charge is 0.272 e. The van der Waals surface area contributed by atoms with Crippen LogP contribution in [0, 0.1) is 0 Å². The third-order valence-corrected chi connectivity index (χ3v) is 10.1. The molecule has 1 unspecified atom stereocenters. The lowest BCUT2D eigenvalue weighted by Gasteiger charge is -2.15. The summed E-state index contributed by atoms with van der Waals surface area (Å²) in [6, 6.07) is 34.2. The number of benzene rings is 4. The molecule has 6 aromatic rings. The first-order valence-electron chi connectivity index (χ1n) is 14.9. The second-order valence-corrected chi connectivity index (χ2v) is 13.6. The van der Waals surface area contributed by atoms with Gasteiger partial charge in [0.2, 0.25) is 5.91 Å². The van der Waals surface area contributed by atoms with E-state index >= 15 is 0 Å². The molecule has 3 amide bonds. The number of thioether (sulfide) groups is 1. The van der Waals surface area contributed by atoms with Crippen LogP contribution in [0.3, 0.4) is 0 Å². The van der Waals surface area contributed by atoms with Gasteiger partial charge < -0.3 is 16.0 Å². The predicted molar refractivity (Wildman–Crippen MR) is 195 cm³/mol. The molecule has 0 aliphatic carbocycles. The highest BCUT2D eigenvalue weighted by Gasteiger charge is 2.21. The zero-order chi connectivity index (χ0) is 32.6. The number of fused-ring (bicyclic) bond motifs is 1. The molecule has 7 nitrogen and oxygen atoms in total. The van der Waals surface area contributed by atoms with Gasteiger partial charge in [-0.05, 0) is 71.1 Å². The fraction of sp³-hybridized carbons (Fsp3) is 0.0811. The molecular weight excluding hydrogens is 645 g/mol. The monoisotopic (exact) mass is 674 g/mol. The van der Waals surface area contributed by atoms with Gasteiger partial charge in [0.15, 0.2) is 5.13 Å². The zero-order valence-electron chi connectivity index (χ0n) is 25.3. The van der Waals surface area contributed by atoms with Gasteiger partial charge in [-0.2, -0.15) is 0 Å². The predicted octanol–water partition coefficient (Wildman–Crippen LogP) is 8.94. The molecule has 0 aliphatic heterocycles. The number of carbonyl (C=O) groups excluding carboxylic acids is 3. The molecule has 234 valence electrons. The number of anilines is 2. The summed E-state index contributed by atoms with van der Waals surface area (Å²) in [6.07, 6.45) is 2.25. The first-order valence-corrected chi connectivity index (χ1v) is 17.5. The van der Waals surface area contributed by atoms with Crippen molar-refractivity contribution in [3.05, 3.63) is 136 Å². The molecular formula is C37H30N4O3S3. The van der Waals surface area contributed by atoms with Crippen molar-refractivity contribution in [1.29, 1.82) is 0 Å². The van der Waals surface area contributed by atoms with Crippen molar-refractivity contribution in [2.24, 2.45) is 0 Å². The van der Waals surface area contributed by atoms with Crippen molar-refractivity contribution in [1.82, 2.24) is 10.3 Å². The molecule has 0 radical (unpaired) electrons. The normalized spacial score (nSPS) is 12.0. The number of carbonyl (C=O) groups is 3. The molecule has 0 aliphatic rings. The van der Waals surface area contributed by atoms with E-state index in [0.29, 0.717) is 22.8 Å². The maximum Gasteiger partial charge on any atom is 0.272 e. The van der Waals surface area contributed by atoms with Crippen LogP contribution in [0.2, 0.25) is 0 Å². The molecule has 1 atom stereocenters. The van der Waals surface area contributed by atoms with Crippen LogP contribution in [0.25, 0.3) is 28.1 Å². The van der Waals surface area contributed by atoms with Crippen LogP contribution >= 0.6 is 34.4 Å². The average molecular weight is 675 g/mol. The number of rotatable bonds is 11. The molecule has 0 spiro atoms. The number of hydrogen-bond donors (Lipinski definition) is 3. The Morgan fingerprint density at radius 1 is 0.830 bits per heavy atom. The van der Waals surface area contributed by atoms with Gasteiger partial charge in [-0.25, -0.2) is 4.98 Å². The highest BCUT2D eigenvalue weighted by atomic mass is 32.2. The van der Waals surface area contributed by atoms with Crippen LogP contribution in [-0.4, -0.2) is 28.0 Å². The van der Waals surface area contributed by atoms with E-state index < -0.39 is 5.91 Å². The minimum atomic E-state index is -0.458. The number of thiazole rings is 1. The molecule has 4 aromatic carbocycles. The number of nitrogens with zero attached hydrogens (tertiary/aromatic N) is 1. The number of aromatic nitrogens is 1. The fourth-order valence-corrected chi connectivity index (χ4v) is 7.18. The van der Waals surface area contributed by atoms with Crippen LogP contribution in [-0.2, 0) is 9.59 Å². The Morgan fingerprint density at radius 3 is 2.43 bits per heavy atom. The second-order valence-electron chi connectivity index (χ2n) is 10.5. The van der Waals surface area contributed by atoms with E-state index in [4.69, 9.17) is 0 Å². The van der Waals surface area contributed by atoms with Crippen LogP contribution in [0.5, 0.6) is 0 Å². The van der Waals surface area contributed by atoms with Gasteiger partial charge in [0, 0.05) is 32.0 Å². The summed E-state index contributed by atoms with van der Waals surface area (Å²) < 4.78 is 0. The lowest BCUT2D eigenvalue weighted by Crippen LogP contribution is -2.30. The third kappa shape index (κ3) is 8.23. The van der Waals surface area contributed by atoms with E-state index in [0.717, 1.165) is 31.8 Å².